The normalized spacial score (nSPS) is 20.1. The van der Waals surface area contributed by atoms with Crippen molar-refractivity contribution in [3.05, 3.63) is 0 Å². The third kappa shape index (κ3) is 6.39. The summed E-state index contributed by atoms with van der Waals surface area (Å²) >= 11 is 0. The number of nitrogens with zero attached hydrogens (tertiary/aromatic N) is 1. The molecule has 1 unspecified atom stereocenters. The van der Waals surface area contributed by atoms with Crippen molar-refractivity contribution in [1.82, 2.24) is 10.2 Å². The Morgan fingerprint density at radius 3 is 2.18 bits per heavy atom. The zero-order chi connectivity index (χ0) is 12.7. The summed E-state index contributed by atoms with van der Waals surface area (Å²) in [4.78, 5) is 2.59. The number of rotatable bonds is 7. The van der Waals surface area contributed by atoms with Gasteiger partial charge in [-0.15, -0.1) is 0 Å². The fourth-order valence-corrected chi connectivity index (χ4v) is 2.39. The molecule has 0 aliphatic carbocycles. The van der Waals surface area contributed by atoms with Crippen LogP contribution < -0.4 is 5.32 Å². The quantitative estimate of drug-likeness (QED) is 0.739. The average molecular weight is 242 g/mol. The van der Waals surface area contributed by atoms with E-state index in [0.29, 0.717) is 6.04 Å². The second-order valence-corrected chi connectivity index (χ2v) is 5.98. The maximum absolute atomic E-state index is 5.44. The van der Waals surface area contributed by atoms with Crippen molar-refractivity contribution in [3.8, 4) is 0 Å². The molecule has 17 heavy (non-hydrogen) atoms. The predicted molar refractivity (Wildman–Crippen MR) is 73.3 cm³/mol. The smallest absolute Gasteiger partial charge is 0.0594 e. The van der Waals surface area contributed by atoms with Crippen molar-refractivity contribution >= 4 is 0 Å². The molecule has 0 aromatic heterocycles. The lowest BCUT2D eigenvalue weighted by atomic mass is 10.0. The van der Waals surface area contributed by atoms with Crippen LogP contribution in [0.2, 0.25) is 0 Å². The highest BCUT2D eigenvalue weighted by atomic mass is 16.5. The Balaban J connectivity index is 2.35. The Morgan fingerprint density at radius 1 is 1.00 bits per heavy atom. The summed E-state index contributed by atoms with van der Waals surface area (Å²) in [5.41, 5.74) is 0. The van der Waals surface area contributed by atoms with Crippen LogP contribution in [-0.4, -0.2) is 50.3 Å². The summed E-state index contributed by atoms with van der Waals surface area (Å²) in [7, 11) is 0. The van der Waals surface area contributed by atoms with Crippen LogP contribution in [0.25, 0.3) is 0 Å². The molecule has 0 bridgehead atoms. The highest BCUT2D eigenvalue weighted by molar-refractivity contribution is 4.77. The van der Waals surface area contributed by atoms with Crippen LogP contribution >= 0.6 is 0 Å². The Bertz CT molecular complexity index is 189. The zero-order valence-electron chi connectivity index (χ0n) is 12.0. The van der Waals surface area contributed by atoms with Gasteiger partial charge in [0.25, 0.3) is 0 Å². The van der Waals surface area contributed by atoms with E-state index in [1.807, 2.05) is 0 Å². The van der Waals surface area contributed by atoms with Crippen LogP contribution in [0.1, 0.15) is 34.1 Å². The van der Waals surface area contributed by atoms with Crippen LogP contribution in [0.3, 0.4) is 0 Å². The summed E-state index contributed by atoms with van der Waals surface area (Å²) in [6.45, 7) is 15.4. The van der Waals surface area contributed by atoms with Gasteiger partial charge in [-0.3, -0.25) is 4.90 Å². The number of hydrogen-bond acceptors (Lipinski definition) is 3. The second-order valence-electron chi connectivity index (χ2n) is 5.98. The Kier molecular flexibility index (Phi) is 7.09. The van der Waals surface area contributed by atoms with Crippen molar-refractivity contribution in [2.24, 2.45) is 11.8 Å². The molecule has 1 aliphatic heterocycles. The minimum absolute atomic E-state index is 0.678. The lowest BCUT2D eigenvalue weighted by Gasteiger charge is -2.35. The van der Waals surface area contributed by atoms with E-state index < -0.39 is 0 Å². The van der Waals surface area contributed by atoms with Crippen LogP contribution in [-0.2, 0) is 4.74 Å². The Morgan fingerprint density at radius 2 is 1.65 bits per heavy atom. The van der Waals surface area contributed by atoms with Gasteiger partial charge in [0.05, 0.1) is 13.2 Å². The lowest BCUT2D eigenvalue weighted by molar-refractivity contribution is 0.0123. The van der Waals surface area contributed by atoms with Crippen molar-refractivity contribution in [2.75, 3.05) is 39.4 Å². The molecule has 1 fully saturated rings. The van der Waals surface area contributed by atoms with E-state index in [4.69, 9.17) is 4.74 Å². The van der Waals surface area contributed by atoms with Gasteiger partial charge in [-0.1, -0.05) is 27.7 Å². The Labute approximate surface area is 107 Å². The number of ether oxygens (including phenoxy) is 1. The largest absolute Gasteiger partial charge is 0.379 e. The van der Waals surface area contributed by atoms with E-state index in [2.05, 4.69) is 37.9 Å². The van der Waals surface area contributed by atoms with Crippen molar-refractivity contribution in [1.29, 1.82) is 0 Å². The van der Waals surface area contributed by atoms with E-state index in [1.54, 1.807) is 0 Å². The van der Waals surface area contributed by atoms with Crippen molar-refractivity contribution < 1.29 is 4.74 Å². The highest BCUT2D eigenvalue weighted by Crippen LogP contribution is 2.13. The van der Waals surface area contributed by atoms with Gasteiger partial charge in [0, 0.05) is 25.7 Å². The van der Waals surface area contributed by atoms with Gasteiger partial charge in [-0.2, -0.15) is 0 Å². The van der Waals surface area contributed by atoms with Crippen LogP contribution in [0, 0.1) is 11.8 Å². The molecule has 102 valence electrons. The van der Waals surface area contributed by atoms with Gasteiger partial charge < -0.3 is 10.1 Å². The summed E-state index contributed by atoms with van der Waals surface area (Å²) in [5, 5.41) is 3.61. The predicted octanol–water partition coefficient (Wildman–Crippen LogP) is 1.98. The monoisotopic (exact) mass is 242 g/mol. The number of morpholine rings is 1. The summed E-state index contributed by atoms with van der Waals surface area (Å²) in [5.74, 6) is 1.50. The van der Waals surface area contributed by atoms with E-state index in [-0.39, 0.29) is 0 Å². The standard InChI is InChI=1S/C14H30N2O/c1-12(2)9-14(11-15-10-13(3)4)16-5-7-17-8-6-16/h12-15H,5-11H2,1-4H3. The van der Waals surface area contributed by atoms with E-state index in [1.165, 1.54) is 6.42 Å². The molecule has 0 saturated carbocycles. The fraction of sp³-hybridized carbons (Fsp3) is 1.00. The maximum atomic E-state index is 5.44. The minimum Gasteiger partial charge on any atom is -0.379 e. The van der Waals surface area contributed by atoms with Crippen LogP contribution in [0.15, 0.2) is 0 Å². The van der Waals surface area contributed by atoms with E-state index in [9.17, 15) is 0 Å². The van der Waals surface area contributed by atoms with Gasteiger partial charge in [0.1, 0.15) is 0 Å². The van der Waals surface area contributed by atoms with Gasteiger partial charge in [-0.25, -0.2) is 0 Å². The lowest BCUT2D eigenvalue weighted by Crippen LogP contribution is -2.48. The molecule has 0 aromatic carbocycles. The van der Waals surface area contributed by atoms with Gasteiger partial charge in [-0.05, 0) is 24.8 Å². The molecule has 1 aliphatic rings. The average Bonchev–Trinajstić information content (AvgIpc) is 2.28. The molecule has 1 atom stereocenters. The minimum atomic E-state index is 0.678. The summed E-state index contributed by atoms with van der Waals surface area (Å²) in [6, 6.07) is 0.678. The highest BCUT2D eigenvalue weighted by Gasteiger charge is 2.21. The molecule has 1 N–H and O–H groups in total. The van der Waals surface area contributed by atoms with Crippen LogP contribution in [0.5, 0.6) is 0 Å². The van der Waals surface area contributed by atoms with Crippen molar-refractivity contribution in [2.45, 2.75) is 40.2 Å². The summed E-state index contributed by atoms with van der Waals surface area (Å²) in [6.07, 6.45) is 1.28. The molecule has 0 aromatic rings. The number of hydrogen-bond donors (Lipinski definition) is 1. The zero-order valence-corrected chi connectivity index (χ0v) is 12.0. The first-order valence-corrected chi connectivity index (χ1v) is 7.12. The van der Waals surface area contributed by atoms with Gasteiger partial charge in [0.15, 0.2) is 0 Å². The van der Waals surface area contributed by atoms with Crippen LogP contribution in [0.4, 0.5) is 0 Å². The molecule has 1 heterocycles. The summed E-state index contributed by atoms with van der Waals surface area (Å²) < 4.78 is 5.44. The third-order valence-electron chi connectivity index (χ3n) is 3.24. The van der Waals surface area contributed by atoms with Crippen molar-refractivity contribution in [3.63, 3.8) is 0 Å². The van der Waals surface area contributed by atoms with E-state index in [0.717, 1.165) is 51.2 Å². The first kappa shape index (κ1) is 14.9. The van der Waals surface area contributed by atoms with Gasteiger partial charge in [0.2, 0.25) is 0 Å². The molecule has 0 spiro atoms. The topological polar surface area (TPSA) is 24.5 Å². The fourth-order valence-electron chi connectivity index (χ4n) is 2.39. The first-order valence-electron chi connectivity index (χ1n) is 7.12. The SMILES string of the molecule is CC(C)CNCC(CC(C)C)N1CCOCC1. The molecule has 3 nitrogen and oxygen atoms in total. The molecule has 0 amide bonds. The molecular weight excluding hydrogens is 212 g/mol. The molecular formula is C14H30N2O. The number of nitrogens with one attached hydrogen (secondary N) is 1. The molecule has 1 saturated heterocycles. The molecule has 1 rings (SSSR count). The second kappa shape index (κ2) is 8.06. The molecule has 3 heteroatoms. The van der Waals surface area contributed by atoms with E-state index >= 15 is 0 Å². The Hall–Kier alpha value is -0.120. The first-order chi connectivity index (χ1) is 8.09. The molecule has 0 radical (unpaired) electrons. The maximum Gasteiger partial charge on any atom is 0.0594 e. The van der Waals surface area contributed by atoms with Gasteiger partial charge >= 0.3 is 0 Å². The third-order valence-corrected chi connectivity index (χ3v) is 3.24.